The number of rotatable bonds is 7. The van der Waals surface area contributed by atoms with Crippen molar-refractivity contribution < 1.29 is 17.9 Å². The van der Waals surface area contributed by atoms with E-state index in [-0.39, 0.29) is 11.4 Å². The lowest BCUT2D eigenvalue weighted by atomic mass is 10.1. The first-order valence-electron chi connectivity index (χ1n) is 8.55. The lowest BCUT2D eigenvalue weighted by Gasteiger charge is -2.14. The first kappa shape index (κ1) is 20.9. The Morgan fingerprint density at radius 2 is 1.86 bits per heavy atom. The third kappa shape index (κ3) is 4.79. The molecule has 0 atom stereocenters. The van der Waals surface area contributed by atoms with E-state index < -0.39 is 10.0 Å². The molecule has 152 valence electrons. The van der Waals surface area contributed by atoms with Gasteiger partial charge in [-0.2, -0.15) is 0 Å². The highest BCUT2D eigenvalue weighted by Gasteiger charge is 2.21. The monoisotopic (exact) mass is 433 g/mol. The minimum atomic E-state index is -3.90. The molecule has 0 aliphatic rings. The molecular weight excluding hydrogens is 414 g/mol. The van der Waals surface area contributed by atoms with Gasteiger partial charge in [0.05, 0.1) is 24.1 Å². The van der Waals surface area contributed by atoms with E-state index in [2.05, 4.69) is 9.71 Å². The van der Waals surface area contributed by atoms with Gasteiger partial charge in [-0.15, -0.1) is 0 Å². The van der Waals surface area contributed by atoms with E-state index >= 15 is 0 Å². The summed E-state index contributed by atoms with van der Waals surface area (Å²) >= 11 is 6.02. The second kappa shape index (κ2) is 8.69. The average molecular weight is 434 g/mol. The van der Waals surface area contributed by atoms with E-state index in [1.807, 2.05) is 0 Å². The van der Waals surface area contributed by atoms with E-state index in [1.165, 1.54) is 19.4 Å². The maximum atomic E-state index is 13.1. The highest BCUT2D eigenvalue weighted by Crippen LogP contribution is 2.31. The number of nitrogens with two attached hydrogens (primary N) is 1. The van der Waals surface area contributed by atoms with Crippen molar-refractivity contribution in [1.29, 1.82) is 0 Å². The van der Waals surface area contributed by atoms with Gasteiger partial charge in [-0.05, 0) is 24.3 Å². The van der Waals surface area contributed by atoms with Gasteiger partial charge in [-0.25, -0.2) is 13.1 Å². The number of benzene rings is 2. The molecule has 0 amide bonds. The summed E-state index contributed by atoms with van der Waals surface area (Å²) in [5.41, 5.74) is 7.85. The van der Waals surface area contributed by atoms with Crippen molar-refractivity contribution in [2.24, 2.45) is 0 Å². The summed E-state index contributed by atoms with van der Waals surface area (Å²) in [7, 11) is -0.847. The lowest BCUT2D eigenvalue weighted by Crippen LogP contribution is -2.24. The molecule has 0 aliphatic heterocycles. The van der Waals surface area contributed by atoms with Crippen molar-refractivity contribution in [3.8, 4) is 22.6 Å². The van der Waals surface area contributed by atoms with Gasteiger partial charge >= 0.3 is 0 Å². The Morgan fingerprint density at radius 3 is 2.55 bits per heavy atom. The third-order valence-electron chi connectivity index (χ3n) is 4.26. The van der Waals surface area contributed by atoms with Crippen molar-refractivity contribution in [1.82, 2.24) is 9.71 Å². The molecule has 7 nitrogen and oxygen atoms in total. The van der Waals surface area contributed by atoms with Gasteiger partial charge in [0.25, 0.3) is 0 Å². The molecule has 3 aromatic rings. The summed E-state index contributed by atoms with van der Waals surface area (Å²) in [4.78, 5) is 4.07. The predicted molar refractivity (Wildman–Crippen MR) is 113 cm³/mol. The fourth-order valence-electron chi connectivity index (χ4n) is 2.81. The molecule has 3 rings (SSSR count). The maximum absolute atomic E-state index is 13.1. The highest BCUT2D eigenvalue weighted by atomic mass is 35.5. The quantitative estimate of drug-likeness (QED) is 0.553. The number of nitrogens with one attached hydrogen (secondary N) is 1. The Morgan fingerprint density at radius 1 is 1.07 bits per heavy atom. The largest absolute Gasteiger partial charge is 0.497 e. The smallest absolute Gasteiger partial charge is 0.241 e. The molecule has 0 fully saturated rings. The number of hydrogen-bond acceptors (Lipinski definition) is 6. The predicted octanol–water partition coefficient (Wildman–Crippen LogP) is 3.48. The summed E-state index contributed by atoms with van der Waals surface area (Å²) in [5.74, 6) is 1.12. The molecule has 0 aliphatic carbocycles. The van der Waals surface area contributed by atoms with E-state index in [0.29, 0.717) is 38.9 Å². The Labute approximate surface area is 174 Å². The van der Waals surface area contributed by atoms with Crippen LogP contribution in [0.25, 0.3) is 11.1 Å². The van der Waals surface area contributed by atoms with Crippen molar-refractivity contribution in [3.63, 3.8) is 0 Å². The van der Waals surface area contributed by atoms with Crippen LogP contribution in [0.4, 0.5) is 5.69 Å². The fraction of sp³-hybridized carbons (Fsp3) is 0.150. The molecule has 1 aromatic heterocycles. The van der Waals surface area contributed by atoms with E-state index in [0.717, 1.165) is 0 Å². The third-order valence-corrected chi connectivity index (χ3v) is 5.91. The van der Waals surface area contributed by atoms with Crippen LogP contribution in [0.2, 0.25) is 5.02 Å². The number of ether oxygens (including phenoxy) is 2. The van der Waals surface area contributed by atoms with Crippen molar-refractivity contribution in [2.75, 3.05) is 20.0 Å². The molecular formula is C20H20ClN3O4S. The first-order chi connectivity index (χ1) is 13.8. The van der Waals surface area contributed by atoms with Gasteiger partial charge in [0.15, 0.2) is 0 Å². The Balaban J connectivity index is 1.95. The minimum Gasteiger partial charge on any atom is -0.497 e. The van der Waals surface area contributed by atoms with Crippen LogP contribution in [0.15, 0.2) is 59.8 Å². The van der Waals surface area contributed by atoms with Crippen LogP contribution >= 0.6 is 11.6 Å². The summed E-state index contributed by atoms with van der Waals surface area (Å²) in [5, 5.41) is 0.401. The van der Waals surface area contributed by atoms with Crippen LogP contribution in [0, 0.1) is 0 Å². The molecule has 0 unspecified atom stereocenters. The number of nitrogen functional groups attached to an aromatic ring is 1. The van der Waals surface area contributed by atoms with Gasteiger partial charge in [0.2, 0.25) is 10.0 Å². The molecule has 2 aromatic carbocycles. The first-order valence-corrected chi connectivity index (χ1v) is 10.4. The highest BCUT2D eigenvalue weighted by molar-refractivity contribution is 7.89. The zero-order valence-corrected chi connectivity index (χ0v) is 17.4. The van der Waals surface area contributed by atoms with Gasteiger partial charge in [-0.1, -0.05) is 23.7 Å². The zero-order valence-electron chi connectivity index (χ0n) is 15.8. The Bertz CT molecular complexity index is 1140. The van der Waals surface area contributed by atoms with Crippen LogP contribution < -0.4 is 19.9 Å². The molecule has 3 N–H and O–H groups in total. The number of hydrogen-bond donors (Lipinski definition) is 2. The van der Waals surface area contributed by atoms with Gasteiger partial charge in [0, 0.05) is 47.4 Å². The van der Waals surface area contributed by atoms with Crippen LogP contribution in [0.5, 0.6) is 11.5 Å². The van der Waals surface area contributed by atoms with E-state index in [1.54, 1.807) is 49.7 Å². The Hall–Kier alpha value is -2.81. The summed E-state index contributed by atoms with van der Waals surface area (Å²) in [6.45, 7) is 0.0253. The van der Waals surface area contributed by atoms with E-state index in [4.69, 9.17) is 26.8 Å². The molecule has 0 saturated heterocycles. The summed E-state index contributed by atoms with van der Waals surface area (Å²) in [6, 6.07) is 11.5. The fourth-order valence-corrected chi connectivity index (χ4v) is 4.25. The van der Waals surface area contributed by atoms with Crippen LogP contribution in [0.3, 0.4) is 0 Å². The van der Waals surface area contributed by atoms with Gasteiger partial charge < -0.3 is 15.2 Å². The van der Waals surface area contributed by atoms with Crippen molar-refractivity contribution in [2.45, 2.75) is 11.4 Å². The molecule has 1 heterocycles. The standard InChI is InChI=1S/C20H20ClN3O4S/c1-27-17-5-3-13(19(9-17)28-2)11-24-29(25,26)20-8-16(22)4-6-18(20)14-7-15(21)12-23-10-14/h3-10,12,24H,11,22H2,1-2H3. The molecule has 0 bridgehead atoms. The SMILES string of the molecule is COc1ccc(CNS(=O)(=O)c2cc(N)ccc2-c2cncc(Cl)c2)c(OC)c1. The van der Waals surface area contributed by atoms with Crippen LogP contribution in [-0.4, -0.2) is 27.6 Å². The minimum absolute atomic E-state index is 0.0253. The second-order valence-electron chi connectivity index (χ2n) is 6.15. The average Bonchev–Trinajstić information content (AvgIpc) is 2.72. The Kier molecular flexibility index (Phi) is 6.26. The summed E-state index contributed by atoms with van der Waals surface area (Å²) < 4.78 is 39.2. The molecule has 9 heteroatoms. The number of halogens is 1. The maximum Gasteiger partial charge on any atom is 0.241 e. The van der Waals surface area contributed by atoms with Crippen LogP contribution in [-0.2, 0) is 16.6 Å². The van der Waals surface area contributed by atoms with Crippen molar-refractivity contribution in [3.05, 3.63) is 65.4 Å². The van der Waals surface area contributed by atoms with Crippen LogP contribution in [0.1, 0.15) is 5.56 Å². The molecule has 0 saturated carbocycles. The molecule has 29 heavy (non-hydrogen) atoms. The number of nitrogens with zero attached hydrogens (tertiary/aromatic N) is 1. The number of aromatic nitrogens is 1. The molecule has 0 radical (unpaired) electrons. The number of anilines is 1. The van der Waals surface area contributed by atoms with E-state index in [9.17, 15) is 8.42 Å². The number of methoxy groups -OCH3 is 2. The molecule has 0 spiro atoms. The van der Waals surface area contributed by atoms with Gasteiger partial charge in [0.1, 0.15) is 11.5 Å². The topological polar surface area (TPSA) is 104 Å². The second-order valence-corrected chi connectivity index (χ2v) is 8.32. The lowest BCUT2D eigenvalue weighted by molar-refractivity contribution is 0.390. The summed E-state index contributed by atoms with van der Waals surface area (Å²) in [6.07, 6.45) is 3.02. The van der Waals surface area contributed by atoms with Crippen molar-refractivity contribution >= 4 is 27.3 Å². The number of sulfonamides is 1. The normalized spacial score (nSPS) is 11.3. The number of pyridine rings is 1. The zero-order chi connectivity index (χ0) is 21.0. The van der Waals surface area contributed by atoms with Gasteiger partial charge in [-0.3, -0.25) is 4.98 Å².